The molecule has 0 aromatic carbocycles. The van der Waals surface area contributed by atoms with Crippen LogP contribution in [0.25, 0.3) is 0 Å². The molecule has 1 heterocycles. The summed E-state index contributed by atoms with van der Waals surface area (Å²) in [5.74, 6) is -0.576. The summed E-state index contributed by atoms with van der Waals surface area (Å²) in [6.45, 7) is 4.46. The molecule has 3 heteroatoms. The van der Waals surface area contributed by atoms with Gasteiger partial charge in [-0.15, -0.1) is 0 Å². The Labute approximate surface area is 109 Å². The third kappa shape index (κ3) is 2.32. The van der Waals surface area contributed by atoms with Crippen molar-refractivity contribution in [3.05, 3.63) is 0 Å². The minimum atomic E-state index is -0.456. The van der Waals surface area contributed by atoms with Crippen LogP contribution < -0.4 is 0 Å². The van der Waals surface area contributed by atoms with Gasteiger partial charge in [0.25, 0.3) is 0 Å². The van der Waals surface area contributed by atoms with E-state index in [1.165, 1.54) is 25.7 Å². The van der Waals surface area contributed by atoms with Gasteiger partial charge in [-0.2, -0.15) is 0 Å². The van der Waals surface area contributed by atoms with E-state index < -0.39 is 5.41 Å². The molecule has 2 rings (SSSR count). The van der Waals surface area contributed by atoms with E-state index in [9.17, 15) is 9.59 Å². The predicted octanol–water partition coefficient (Wildman–Crippen LogP) is 3.61. The number of carbonyl (C=O) groups is 2. The fourth-order valence-corrected chi connectivity index (χ4v) is 3.92. The van der Waals surface area contributed by atoms with E-state index in [-0.39, 0.29) is 11.9 Å². The normalized spacial score (nSPS) is 25.4. The average molecular weight is 252 g/mol. The molecule has 102 valence electrons. The highest BCUT2D eigenvalue weighted by Crippen LogP contribution is 2.53. The van der Waals surface area contributed by atoms with Gasteiger partial charge in [0.2, 0.25) is 0 Å². The number of carbonyl (C=O) groups excluding carboxylic acids is 2. The summed E-state index contributed by atoms with van der Waals surface area (Å²) >= 11 is 0. The highest BCUT2D eigenvalue weighted by Gasteiger charge is 2.53. The van der Waals surface area contributed by atoms with E-state index >= 15 is 0 Å². The lowest BCUT2D eigenvalue weighted by Gasteiger charge is -2.43. The number of ether oxygens (including phenoxy) is 1. The first-order valence-electron chi connectivity index (χ1n) is 7.31. The minimum absolute atomic E-state index is 0.255. The van der Waals surface area contributed by atoms with E-state index in [4.69, 9.17) is 4.74 Å². The van der Waals surface area contributed by atoms with Gasteiger partial charge in [-0.05, 0) is 43.9 Å². The Morgan fingerprint density at radius 3 is 1.94 bits per heavy atom. The first kappa shape index (κ1) is 13.6. The molecule has 18 heavy (non-hydrogen) atoms. The Morgan fingerprint density at radius 1 is 1.00 bits per heavy atom. The summed E-state index contributed by atoms with van der Waals surface area (Å²) in [5, 5.41) is 0. The third-order valence-electron chi connectivity index (χ3n) is 4.95. The lowest BCUT2D eigenvalue weighted by molar-refractivity contribution is -0.156. The summed E-state index contributed by atoms with van der Waals surface area (Å²) < 4.78 is 4.76. The lowest BCUT2D eigenvalue weighted by Crippen LogP contribution is -2.37. The molecule has 3 nitrogen and oxygen atoms in total. The predicted molar refractivity (Wildman–Crippen MR) is 68.9 cm³/mol. The SMILES string of the molecule is CCCC1(CCC)CCC2(CC1)CC(=O)OC2=O. The highest BCUT2D eigenvalue weighted by molar-refractivity contribution is 5.97. The monoisotopic (exact) mass is 252 g/mol. The van der Waals surface area contributed by atoms with Crippen LogP contribution in [0.3, 0.4) is 0 Å². The van der Waals surface area contributed by atoms with Crippen LogP contribution in [0.2, 0.25) is 0 Å². The highest BCUT2D eigenvalue weighted by atomic mass is 16.6. The molecule has 0 amide bonds. The van der Waals surface area contributed by atoms with E-state index in [1.807, 2.05) is 0 Å². The summed E-state index contributed by atoms with van der Waals surface area (Å²) in [4.78, 5) is 23.1. The maximum Gasteiger partial charge on any atom is 0.320 e. The molecule has 2 fully saturated rings. The van der Waals surface area contributed by atoms with Crippen LogP contribution >= 0.6 is 0 Å². The van der Waals surface area contributed by atoms with Gasteiger partial charge in [-0.1, -0.05) is 26.7 Å². The van der Waals surface area contributed by atoms with Crippen LogP contribution in [0, 0.1) is 10.8 Å². The molecular formula is C15H24O3. The van der Waals surface area contributed by atoms with Gasteiger partial charge in [-0.3, -0.25) is 9.59 Å². The van der Waals surface area contributed by atoms with Gasteiger partial charge in [0.1, 0.15) is 0 Å². The zero-order valence-corrected chi connectivity index (χ0v) is 11.6. The standard InChI is InChI=1S/C15H24O3/c1-3-5-14(6-4-2)7-9-15(10-8-14)11-12(16)18-13(15)17/h3-11H2,1-2H3. The Morgan fingerprint density at radius 2 is 1.56 bits per heavy atom. The van der Waals surface area contributed by atoms with E-state index in [0.717, 1.165) is 25.7 Å². The van der Waals surface area contributed by atoms with Crippen molar-refractivity contribution in [1.29, 1.82) is 0 Å². The first-order valence-corrected chi connectivity index (χ1v) is 7.31. The van der Waals surface area contributed by atoms with Gasteiger partial charge in [0.05, 0.1) is 11.8 Å². The molecule has 1 aliphatic carbocycles. The van der Waals surface area contributed by atoms with Crippen molar-refractivity contribution >= 4 is 11.9 Å². The van der Waals surface area contributed by atoms with E-state index in [1.54, 1.807) is 0 Å². The zero-order valence-electron chi connectivity index (χ0n) is 11.6. The number of hydrogen-bond acceptors (Lipinski definition) is 3. The summed E-state index contributed by atoms with van der Waals surface area (Å²) in [6, 6.07) is 0. The van der Waals surface area contributed by atoms with E-state index in [2.05, 4.69) is 13.8 Å². The number of hydrogen-bond donors (Lipinski definition) is 0. The van der Waals surface area contributed by atoms with Crippen LogP contribution in [0.1, 0.15) is 71.6 Å². The van der Waals surface area contributed by atoms with Crippen LogP contribution in [-0.2, 0) is 14.3 Å². The van der Waals surface area contributed by atoms with Crippen molar-refractivity contribution in [3.63, 3.8) is 0 Å². The second kappa shape index (κ2) is 5.02. The third-order valence-corrected chi connectivity index (χ3v) is 4.95. The smallest absolute Gasteiger partial charge is 0.320 e. The molecule has 0 bridgehead atoms. The molecule has 0 radical (unpaired) electrons. The lowest BCUT2D eigenvalue weighted by atomic mass is 9.60. The van der Waals surface area contributed by atoms with Crippen molar-refractivity contribution in [2.75, 3.05) is 0 Å². The van der Waals surface area contributed by atoms with Crippen LogP contribution in [0.5, 0.6) is 0 Å². The first-order chi connectivity index (χ1) is 8.56. The second-order valence-corrected chi connectivity index (χ2v) is 6.22. The van der Waals surface area contributed by atoms with Crippen LogP contribution in [-0.4, -0.2) is 11.9 Å². The quantitative estimate of drug-likeness (QED) is 0.567. The molecule has 0 aromatic heterocycles. The number of cyclic esters (lactones) is 2. The van der Waals surface area contributed by atoms with Gasteiger partial charge in [-0.25, -0.2) is 0 Å². The van der Waals surface area contributed by atoms with Crippen LogP contribution in [0.15, 0.2) is 0 Å². The number of rotatable bonds is 4. The zero-order chi connectivity index (χ0) is 13.2. The topological polar surface area (TPSA) is 43.4 Å². The maximum atomic E-state index is 11.8. The summed E-state index contributed by atoms with van der Waals surface area (Å²) in [6.07, 6.45) is 9.08. The fraction of sp³-hybridized carbons (Fsp3) is 0.867. The molecule has 1 saturated carbocycles. The molecule has 1 aliphatic heterocycles. The van der Waals surface area contributed by atoms with Gasteiger partial charge in [0.15, 0.2) is 0 Å². The molecule has 0 aromatic rings. The van der Waals surface area contributed by atoms with Crippen LogP contribution in [0.4, 0.5) is 0 Å². The van der Waals surface area contributed by atoms with Crippen molar-refractivity contribution in [2.24, 2.45) is 10.8 Å². The van der Waals surface area contributed by atoms with Crippen molar-refractivity contribution in [3.8, 4) is 0 Å². The van der Waals surface area contributed by atoms with Crippen molar-refractivity contribution in [1.82, 2.24) is 0 Å². The minimum Gasteiger partial charge on any atom is -0.393 e. The van der Waals surface area contributed by atoms with Gasteiger partial charge >= 0.3 is 11.9 Å². The Hall–Kier alpha value is -0.860. The number of esters is 2. The molecule has 1 spiro atoms. The van der Waals surface area contributed by atoms with E-state index in [0.29, 0.717) is 11.8 Å². The molecular weight excluding hydrogens is 228 g/mol. The maximum absolute atomic E-state index is 11.8. The summed E-state index contributed by atoms with van der Waals surface area (Å²) in [5.41, 5.74) is -0.0390. The molecule has 1 saturated heterocycles. The molecule has 0 N–H and O–H groups in total. The summed E-state index contributed by atoms with van der Waals surface area (Å²) in [7, 11) is 0. The van der Waals surface area contributed by atoms with Crippen molar-refractivity contribution < 1.29 is 14.3 Å². The molecule has 0 atom stereocenters. The van der Waals surface area contributed by atoms with Crippen molar-refractivity contribution in [2.45, 2.75) is 71.6 Å². The Balaban J connectivity index is 2.06. The fourth-order valence-electron chi connectivity index (χ4n) is 3.92. The second-order valence-electron chi connectivity index (χ2n) is 6.22. The average Bonchev–Trinajstić information content (AvgIpc) is 2.59. The van der Waals surface area contributed by atoms with Gasteiger partial charge < -0.3 is 4.74 Å². The Bertz CT molecular complexity index is 330. The van der Waals surface area contributed by atoms with Gasteiger partial charge in [0, 0.05) is 0 Å². The molecule has 0 unspecified atom stereocenters. The Kier molecular flexibility index (Phi) is 3.79. The largest absolute Gasteiger partial charge is 0.393 e. The molecule has 2 aliphatic rings.